The highest BCUT2D eigenvalue weighted by Gasteiger charge is 2.24. The molecule has 1 fully saturated rings. The third kappa shape index (κ3) is 4.12. The van der Waals surface area contributed by atoms with E-state index in [1.807, 2.05) is 11.6 Å². The quantitative estimate of drug-likeness (QED) is 0.887. The van der Waals surface area contributed by atoms with Crippen LogP contribution in [0.3, 0.4) is 0 Å². The summed E-state index contributed by atoms with van der Waals surface area (Å²) in [5.41, 5.74) is 1.33. The lowest BCUT2D eigenvalue weighted by molar-refractivity contribution is 0.0944. The summed E-state index contributed by atoms with van der Waals surface area (Å²) in [4.78, 5) is 23.1. The maximum Gasteiger partial charge on any atom is 0.273 e. The number of amides is 1. The highest BCUT2D eigenvalue weighted by atomic mass is 16.2. The molecule has 3 heterocycles. The van der Waals surface area contributed by atoms with Crippen molar-refractivity contribution < 1.29 is 4.79 Å². The molecule has 25 heavy (non-hydrogen) atoms. The van der Waals surface area contributed by atoms with E-state index in [0.717, 1.165) is 37.4 Å². The third-order valence-corrected chi connectivity index (χ3v) is 4.41. The molecule has 0 saturated carbocycles. The molecule has 1 N–H and O–H groups in total. The van der Waals surface area contributed by atoms with Gasteiger partial charge in [-0.3, -0.25) is 9.78 Å². The predicted molar refractivity (Wildman–Crippen MR) is 94.4 cm³/mol. The van der Waals surface area contributed by atoms with Gasteiger partial charge in [0.25, 0.3) is 5.91 Å². The van der Waals surface area contributed by atoms with Gasteiger partial charge in [-0.25, -0.2) is 9.67 Å². The average Bonchev–Trinajstić information content (AvgIpc) is 3.10. The number of aromatic nitrogens is 5. The van der Waals surface area contributed by atoms with Crippen LogP contribution in [0.5, 0.6) is 0 Å². The summed E-state index contributed by atoms with van der Waals surface area (Å²) in [6, 6.07) is 0.257. The Morgan fingerprint density at radius 1 is 1.28 bits per heavy atom. The third-order valence-electron chi connectivity index (χ3n) is 4.41. The van der Waals surface area contributed by atoms with Crippen molar-refractivity contribution in [1.29, 1.82) is 0 Å². The molecule has 3 rings (SSSR count). The lowest BCUT2D eigenvalue weighted by Crippen LogP contribution is -2.36. The zero-order chi connectivity index (χ0) is 17.8. The molecule has 8 nitrogen and oxygen atoms in total. The molecule has 0 atom stereocenters. The number of nitrogens with zero attached hydrogens (tertiary/aromatic N) is 6. The Labute approximate surface area is 147 Å². The maximum absolute atomic E-state index is 12.1. The summed E-state index contributed by atoms with van der Waals surface area (Å²) in [7, 11) is 0. The summed E-state index contributed by atoms with van der Waals surface area (Å²) in [5, 5.41) is 11.1. The van der Waals surface area contributed by atoms with Gasteiger partial charge in [0.2, 0.25) is 0 Å². The fourth-order valence-electron chi connectivity index (χ4n) is 3.00. The van der Waals surface area contributed by atoms with Crippen LogP contribution in [-0.4, -0.2) is 50.5 Å². The summed E-state index contributed by atoms with van der Waals surface area (Å²) >= 11 is 0. The number of rotatable bonds is 5. The second-order valence-corrected chi connectivity index (χ2v) is 6.87. The maximum atomic E-state index is 12.1. The first-order valence-corrected chi connectivity index (χ1v) is 8.77. The van der Waals surface area contributed by atoms with Crippen LogP contribution in [0, 0.1) is 12.8 Å². The van der Waals surface area contributed by atoms with Crippen LogP contribution in [0.4, 0.5) is 5.82 Å². The Kier molecular flexibility index (Phi) is 5.25. The first-order chi connectivity index (χ1) is 12.0. The summed E-state index contributed by atoms with van der Waals surface area (Å²) < 4.78 is 1.82. The molecule has 1 saturated heterocycles. The van der Waals surface area contributed by atoms with Gasteiger partial charge in [0.15, 0.2) is 5.69 Å². The Balaban J connectivity index is 1.58. The van der Waals surface area contributed by atoms with E-state index in [1.165, 1.54) is 0 Å². The minimum absolute atomic E-state index is 0.160. The number of aryl methyl sites for hydroxylation is 1. The van der Waals surface area contributed by atoms with Crippen molar-refractivity contribution in [2.24, 2.45) is 5.92 Å². The number of anilines is 1. The standard InChI is InChI=1S/C17H25N7O/c1-12(2)10-20-17(25)15-11-24(22-21-15)14-4-8-23(9-5-14)16-13(3)18-6-7-19-16/h6-7,11-12,14H,4-5,8-10H2,1-3H3,(H,20,25). The van der Waals surface area contributed by atoms with Gasteiger partial charge in [0, 0.05) is 32.0 Å². The minimum atomic E-state index is -0.160. The minimum Gasteiger partial charge on any atom is -0.355 e. The van der Waals surface area contributed by atoms with Gasteiger partial charge in [0.1, 0.15) is 5.82 Å². The van der Waals surface area contributed by atoms with Crippen LogP contribution < -0.4 is 10.2 Å². The number of hydrogen-bond donors (Lipinski definition) is 1. The molecule has 0 radical (unpaired) electrons. The predicted octanol–water partition coefficient (Wildman–Crippen LogP) is 1.60. The van der Waals surface area contributed by atoms with Gasteiger partial charge in [0.05, 0.1) is 17.9 Å². The van der Waals surface area contributed by atoms with E-state index in [0.29, 0.717) is 18.2 Å². The van der Waals surface area contributed by atoms with E-state index in [-0.39, 0.29) is 11.9 Å². The molecule has 0 aromatic carbocycles. The smallest absolute Gasteiger partial charge is 0.273 e. The van der Waals surface area contributed by atoms with Crippen LogP contribution in [-0.2, 0) is 0 Å². The number of carbonyl (C=O) groups is 1. The van der Waals surface area contributed by atoms with Crippen molar-refractivity contribution in [3.05, 3.63) is 30.0 Å². The van der Waals surface area contributed by atoms with Gasteiger partial charge in [-0.05, 0) is 25.7 Å². The molecular weight excluding hydrogens is 318 g/mol. The topological polar surface area (TPSA) is 88.8 Å². The fourth-order valence-corrected chi connectivity index (χ4v) is 3.00. The van der Waals surface area contributed by atoms with Crippen LogP contribution in [0.1, 0.15) is 48.9 Å². The Hall–Kier alpha value is -2.51. The molecule has 8 heteroatoms. The van der Waals surface area contributed by atoms with Crippen LogP contribution in [0.15, 0.2) is 18.6 Å². The molecule has 2 aromatic rings. The van der Waals surface area contributed by atoms with Crippen molar-refractivity contribution in [3.8, 4) is 0 Å². The molecule has 1 aliphatic rings. The second kappa shape index (κ2) is 7.58. The molecular formula is C17H25N7O. The Bertz CT molecular complexity index is 719. The van der Waals surface area contributed by atoms with E-state index in [2.05, 4.69) is 44.3 Å². The molecule has 2 aromatic heterocycles. The van der Waals surface area contributed by atoms with Gasteiger partial charge in [-0.2, -0.15) is 0 Å². The SMILES string of the molecule is Cc1nccnc1N1CCC(n2cc(C(=O)NCC(C)C)nn2)CC1. The summed E-state index contributed by atoms with van der Waals surface area (Å²) in [6.45, 7) is 8.51. The van der Waals surface area contributed by atoms with Crippen molar-refractivity contribution >= 4 is 11.7 Å². The fraction of sp³-hybridized carbons (Fsp3) is 0.588. The van der Waals surface area contributed by atoms with Gasteiger partial charge >= 0.3 is 0 Å². The van der Waals surface area contributed by atoms with E-state index >= 15 is 0 Å². The number of piperidine rings is 1. The first kappa shape index (κ1) is 17.3. The molecule has 1 aliphatic heterocycles. The molecule has 0 unspecified atom stereocenters. The Morgan fingerprint density at radius 3 is 2.68 bits per heavy atom. The summed E-state index contributed by atoms with van der Waals surface area (Å²) in [6.07, 6.45) is 7.07. The van der Waals surface area contributed by atoms with Crippen molar-refractivity contribution in [2.45, 2.75) is 39.7 Å². The number of carbonyl (C=O) groups excluding carboxylic acids is 1. The second-order valence-electron chi connectivity index (χ2n) is 6.87. The average molecular weight is 343 g/mol. The van der Waals surface area contributed by atoms with E-state index < -0.39 is 0 Å². The lowest BCUT2D eigenvalue weighted by Gasteiger charge is -2.33. The highest BCUT2D eigenvalue weighted by molar-refractivity contribution is 5.91. The number of nitrogens with one attached hydrogen (secondary N) is 1. The lowest BCUT2D eigenvalue weighted by atomic mass is 10.1. The van der Waals surface area contributed by atoms with Crippen molar-refractivity contribution in [3.63, 3.8) is 0 Å². The normalized spacial score (nSPS) is 15.6. The molecule has 0 bridgehead atoms. The number of hydrogen-bond acceptors (Lipinski definition) is 6. The molecule has 134 valence electrons. The molecule has 0 aliphatic carbocycles. The van der Waals surface area contributed by atoms with Crippen molar-refractivity contribution in [2.75, 3.05) is 24.5 Å². The monoisotopic (exact) mass is 343 g/mol. The molecule has 1 amide bonds. The highest BCUT2D eigenvalue weighted by Crippen LogP contribution is 2.25. The van der Waals surface area contributed by atoms with Crippen LogP contribution >= 0.6 is 0 Å². The van der Waals surface area contributed by atoms with E-state index in [1.54, 1.807) is 18.6 Å². The summed E-state index contributed by atoms with van der Waals surface area (Å²) in [5.74, 6) is 1.20. The first-order valence-electron chi connectivity index (χ1n) is 8.77. The van der Waals surface area contributed by atoms with Crippen LogP contribution in [0.2, 0.25) is 0 Å². The largest absolute Gasteiger partial charge is 0.355 e. The van der Waals surface area contributed by atoms with E-state index in [4.69, 9.17) is 0 Å². The van der Waals surface area contributed by atoms with Gasteiger partial charge in [-0.15, -0.1) is 5.10 Å². The molecule has 0 spiro atoms. The van der Waals surface area contributed by atoms with Crippen molar-refractivity contribution in [1.82, 2.24) is 30.3 Å². The zero-order valence-corrected chi connectivity index (χ0v) is 15.0. The zero-order valence-electron chi connectivity index (χ0n) is 15.0. The van der Waals surface area contributed by atoms with Gasteiger partial charge < -0.3 is 10.2 Å². The van der Waals surface area contributed by atoms with Gasteiger partial charge in [-0.1, -0.05) is 19.1 Å². The van der Waals surface area contributed by atoms with E-state index in [9.17, 15) is 4.79 Å². The van der Waals surface area contributed by atoms with Crippen LogP contribution in [0.25, 0.3) is 0 Å². The Morgan fingerprint density at radius 2 is 2.00 bits per heavy atom.